The lowest BCUT2D eigenvalue weighted by molar-refractivity contribution is -0.144. The second kappa shape index (κ2) is 6.26. The highest BCUT2D eigenvalue weighted by molar-refractivity contribution is 5.74. The first-order chi connectivity index (χ1) is 9.08. The van der Waals surface area contributed by atoms with E-state index in [1.54, 1.807) is 4.90 Å². The molecule has 0 aromatic carbocycles. The molecule has 0 bridgehead atoms. The summed E-state index contributed by atoms with van der Waals surface area (Å²) >= 11 is 0. The van der Waals surface area contributed by atoms with Gasteiger partial charge in [-0.15, -0.1) is 0 Å². The summed E-state index contributed by atoms with van der Waals surface area (Å²) in [5, 5.41) is 12.1. The number of rotatable bonds is 5. The van der Waals surface area contributed by atoms with Crippen molar-refractivity contribution in [2.24, 2.45) is 17.8 Å². The van der Waals surface area contributed by atoms with Crippen LogP contribution in [0.25, 0.3) is 0 Å². The van der Waals surface area contributed by atoms with Crippen molar-refractivity contribution in [2.45, 2.75) is 38.5 Å². The van der Waals surface area contributed by atoms with Gasteiger partial charge in [-0.25, -0.2) is 4.79 Å². The minimum Gasteiger partial charge on any atom is -0.481 e. The molecule has 2 fully saturated rings. The van der Waals surface area contributed by atoms with Gasteiger partial charge in [0.25, 0.3) is 0 Å². The minimum absolute atomic E-state index is 0.0680. The topological polar surface area (TPSA) is 69.6 Å². The summed E-state index contributed by atoms with van der Waals surface area (Å²) in [6, 6.07) is -0.0680. The Kier molecular flexibility index (Phi) is 4.66. The maximum atomic E-state index is 11.9. The fraction of sp³-hybridized carbons (Fsp3) is 0.857. The van der Waals surface area contributed by atoms with Gasteiger partial charge in [-0.2, -0.15) is 0 Å². The van der Waals surface area contributed by atoms with Crippen molar-refractivity contribution >= 4 is 12.0 Å². The monoisotopic (exact) mass is 268 g/mol. The third kappa shape index (κ3) is 4.11. The SMILES string of the molecule is CN(CC1CC1)C(=O)NCC1CCCCC1C(=O)O. The molecule has 2 unspecified atom stereocenters. The molecule has 5 heteroatoms. The molecule has 2 aliphatic rings. The van der Waals surface area contributed by atoms with Crippen molar-refractivity contribution in [1.82, 2.24) is 10.2 Å². The van der Waals surface area contributed by atoms with Gasteiger partial charge in [-0.1, -0.05) is 12.8 Å². The molecule has 108 valence electrons. The summed E-state index contributed by atoms with van der Waals surface area (Å²) in [6.45, 7) is 1.31. The molecule has 2 amide bonds. The smallest absolute Gasteiger partial charge is 0.317 e. The first-order valence-electron chi connectivity index (χ1n) is 7.29. The Labute approximate surface area is 114 Å². The average molecular weight is 268 g/mol. The van der Waals surface area contributed by atoms with Crippen LogP contribution >= 0.6 is 0 Å². The van der Waals surface area contributed by atoms with Gasteiger partial charge >= 0.3 is 12.0 Å². The molecule has 2 rings (SSSR count). The molecule has 19 heavy (non-hydrogen) atoms. The molecule has 0 saturated heterocycles. The van der Waals surface area contributed by atoms with Gasteiger partial charge < -0.3 is 15.3 Å². The molecule has 2 aliphatic carbocycles. The number of amides is 2. The van der Waals surface area contributed by atoms with E-state index in [4.69, 9.17) is 0 Å². The number of carbonyl (C=O) groups is 2. The van der Waals surface area contributed by atoms with Gasteiger partial charge in [0.2, 0.25) is 0 Å². The highest BCUT2D eigenvalue weighted by atomic mass is 16.4. The zero-order valence-corrected chi connectivity index (χ0v) is 11.6. The lowest BCUT2D eigenvalue weighted by atomic mass is 9.79. The number of nitrogens with zero attached hydrogens (tertiary/aromatic N) is 1. The average Bonchev–Trinajstić information content (AvgIpc) is 3.20. The van der Waals surface area contributed by atoms with E-state index in [2.05, 4.69) is 5.32 Å². The largest absolute Gasteiger partial charge is 0.481 e. The Bertz CT molecular complexity index is 342. The van der Waals surface area contributed by atoms with Crippen molar-refractivity contribution in [3.63, 3.8) is 0 Å². The van der Waals surface area contributed by atoms with Crippen molar-refractivity contribution in [1.29, 1.82) is 0 Å². The van der Waals surface area contributed by atoms with Crippen molar-refractivity contribution in [3.05, 3.63) is 0 Å². The summed E-state index contributed by atoms with van der Waals surface area (Å²) in [6.07, 6.45) is 6.16. The summed E-state index contributed by atoms with van der Waals surface area (Å²) in [5.74, 6) is -0.241. The Balaban J connectivity index is 1.75. The van der Waals surface area contributed by atoms with Crippen molar-refractivity contribution in [3.8, 4) is 0 Å². The van der Waals surface area contributed by atoms with Crippen LogP contribution < -0.4 is 5.32 Å². The quantitative estimate of drug-likeness (QED) is 0.800. The van der Waals surface area contributed by atoms with E-state index >= 15 is 0 Å². The minimum atomic E-state index is -0.717. The summed E-state index contributed by atoms with van der Waals surface area (Å²) < 4.78 is 0. The zero-order valence-electron chi connectivity index (χ0n) is 11.6. The summed E-state index contributed by atoms with van der Waals surface area (Å²) in [7, 11) is 1.81. The van der Waals surface area contributed by atoms with E-state index < -0.39 is 5.97 Å². The molecule has 2 atom stereocenters. The number of hydrogen-bond acceptors (Lipinski definition) is 2. The van der Waals surface area contributed by atoms with E-state index in [0.717, 1.165) is 32.2 Å². The van der Waals surface area contributed by atoms with Gasteiger partial charge in [0.15, 0.2) is 0 Å². The van der Waals surface area contributed by atoms with Crippen LogP contribution in [0.3, 0.4) is 0 Å². The van der Waals surface area contributed by atoms with Crippen LogP contribution in [0, 0.1) is 17.8 Å². The second-order valence-electron chi connectivity index (χ2n) is 6.00. The number of hydrogen-bond donors (Lipinski definition) is 2. The Morgan fingerprint density at radius 2 is 1.89 bits per heavy atom. The third-order valence-corrected chi connectivity index (χ3v) is 4.32. The highest BCUT2D eigenvalue weighted by Gasteiger charge is 2.31. The number of urea groups is 1. The fourth-order valence-electron chi connectivity index (χ4n) is 2.90. The van der Waals surface area contributed by atoms with Crippen molar-refractivity contribution < 1.29 is 14.7 Å². The maximum Gasteiger partial charge on any atom is 0.317 e. The molecule has 0 aliphatic heterocycles. The molecule has 0 aromatic heterocycles. The molecular weight excluding hydrogens is 244 g/mol. The lowest BCUT2D eigenvalue weighted by Gasteiger charge is -2.29. The van der Waals surface area contributed by atoms with Gasteiger partial charge in [0.1, 0.15) is 0 Å². The van der Waals surface area contributed by atoms with Crippen LogP contribution in [0.4, 0.5) is 4.79 Å². The molecule has 2 N–H and O–H groups in total. The van der Waals surface area contributed by atoms with Gasteiger partial charge in [-0.3, -0.25) is 4.79 Å². The third-order valence-electron chi connectivity index (χ3n) is 4.32. The van der Waals surface area contributed by atoms with E-state index in [-0.39, 0.29) is 17.9 Å². The molecule has 0 spiro atoms. The predicted octanol–water partition coefficient (Wildman–Crippen LogP) is 1.93. The first-order valence-corrected chi connectivity index (χ1v) is 7.29. The zero-order chi connectivity index (χ0) is 13.8. The highest BCUT2D eigenvalue weighted by Crippen LogP contribution is 2.30. The van der Waals surface area contributed by atoms with Crippen molar-refractivity contribution in [2.75, 3.05) is 20.1 Å². The fourth-order valence-corrected chi connectivity index (χ4v) is 2.90. The molecule has 0 heterocycles. The number of carboxylic acid groups (broad SMARTS) is 1. The molecule has 0 radical (unpaired) electrons. The molecule has 0 aromatic rings. The van der Waals surface area contributed by atoms with Crippen LogP contribution in [0.1, 0.15) is 38.5 Å². The molecule has 2 saturated carbocycles. The Morgan fingerprint density at radius 3 is 2.53 bits per heavy atom. The number of nitrogens with one attached hydrogen (secondary N) is 1. The summed E-state index contributed by atoms with van der Waals surface area (Å²) in [5.41, 5.74) is 0. The Morgan fingerprint density at radius 1 is 1.21 bits per heavy atom. The van der Waals surface area contributed by atoms with E-state index in [0.29, 0.717) is 12.5 Å². The number of aliphatic carboxylic acids is 1. The lowest BCUT2D eigenvalue weighted by Crippen LogP contribution is -2.43. The second-order valence-corrected chi connectivity index (χ2v) is 6.00. The Hall–Kier alpha value is -1.26. The van der Waals surface area contributed by atoms with Crippen LogP contribution in [0.15, 0.2) is 0 Å². The standard InChI is InChI=1S/C14H24N2O3/c1-16(9-10-6-7-10)14(19)15-8-11-4-2-3-5-12(11)13(17)18/h10-12H,2-9H2,1H3,(H,15,19)(H,17,18). The van der Waals surface area contributed by atoms with Gasteiger partial charge in [0, 0.05) is 20.1 Å². The molecular formula is C14H24N2O3. The van der Waals surface area contributed by atoms with E-state index in [9.17, 15) is 14.7 Å². The van der Waals surface area contributed by atoms with Crippen LogP contribution in [0.2, 0.25) is 0 Å². The van der Waals surface area contributed by atoms with Crippen LogP contribution in [-0.4, -0.2) is 42.1 Å². The van der Waals surface area contributed by atoms with Crippen LogP contribution in [0.5, 0.6) is 0 Å². The van der Waals surface area contributed by atoms with Gasteiger partial charge in [0.05, 0.1) is 5.92 Å². The maximum absolute atomic E-state index is 11.9. The molecule has 5 nitrogen and oxygen atoms in total. The van der Waals surface area contributed by atoms with E-state index in [1.807, 2.05) is 7.05 Å². The summed E-state index contributed by atoms with van der Waals surface area (Å²) in [4.78, 5) is 24.8. The predicted molar refractivity (Wildman–Crippen MR) is 71.8 cm³/mol. The van der Waals surface area contributed by atoms with E-state index in [1.165, 1.54) is 12.8 Å². The first kappa shape index (κ1) is 14.2. The number of carboxylic acids is 1. The number of carbonyl (C=O) groups excluding carboxylic acids is 1. The normalized spacial score (nSPS) is 26.8. The van der Waals surface area contributed by atoms with Gasteiger partial charge in [-0.05, 0) is 37.5 Å². The van der Waals surface area contributed by atoms with Crippen LogP contribution in [-0.2, 0) is 4.79 Å².